The van der Waals surface area contributed by atoms with E-state index in [-0.39, 0.29) is 14.1 Å². The Morgan fingerprint density at radius 3 is 1.40 bits per heavy atom. The molecule has 0 aromatic carbocycles. The van der Waals surface area contributed by atoms with E-state index < -0.39 is 0 Å². The summed E-state index contributed by atoms with van der Waals surface area (Å²) in [5.41, 5.74) is 3.39. The van der Waals surface area contributed by atoms with Crippen molar-refractivity contribution in [3.8, 4) is 0 Å². The van der Waals surface area contributed by atoms with Crippen molar-refractivity contribution in [2.45, 2.75) is 0 Å². The maximum absolute atomic E-state index is 2.25. The van der Waals surface area contributed by atoms with Gasteiger partial charge in [0.25, 0.3) is 0 Å². The minimum atomic E-state index is 0. The molecule has 0 saturated carbocycles. The first kappa shape index (κ1) is 22.0. The standard InChI is InChI=1S/C18H21N4.3FH/c1-19-12-8-16(9-13-19)22(17-6-4-10-20(2)14-17)18-7-5-11-21(3)15-18;;;/h4-15H,1-3H3;3*1H/q+3;;;/p-3. The van der Waals surface area contributed by atoms with Gasteiger partial charge in [-0.15, -0.1) is 0 Å². The van der Waals surface area contributed by atoms with Crippen LogP contribution < -0.4 is 32.7 Å². The number of aromatic nitrogens is 3. The molecular weight excluding hydrogens is 329 g/mol. The van der Waals surface area contributed by atoms with Crippen molar-refractivity contribution in [2.24, 2.45) is 21.1 Å². The molecule has 25 heavy (non-hydrogen) atoms. The van der Waals surface area contributed by atoms with E-state index in [1.807, 2.05) is 38.1 Å². The Hall–Kier alpha value is -2.96. The third kappa shape index (κ3) is 5.00. The van der Waals surface area contributed by atoms with Gasteiger partial charge in [0.2, 0.25) is 0 Å². The van der Waals surface area contributed by atoms with Gasteiger partial charge >= 0.3 is 0 Å². The molecule has 7 heteroatoms. The summed E-state index contributed by atoms with van der Waals surface area (Å²) in [4.78, 5) is 2.25. The van der Waals surface area contributed by atoms with Crippen LogP contribution in [0, 0.1) is 0 Å². The number of hydrogen-bond donors (Lipinski definition) is 0. The summed E-state index contributed by atoms with van der Waals surface area (Å²) in [6, 6.07) is 12.6. The molecule has 0 unspecified atom stereocenters. The number of rotatable bonds is 3. The van der Waals surface area contributed by atoms with Gasteiger partial charge in [-0.2, -0.15) is 0 Å². The molecule has 0 amide bonds. The van der Waals surface area contributed by atoms with Crippen molar-refractivity contribution in [3.63, 3.8) is 0 Å². The van der Waals surface area contributed by atoms with Gasteiger partial charge in [-0.25, -0.2) is 13.7 Å². The Morgan fingerprint density at radius 1 is 0.560 bits per heavy atom. The summed E-state index contributed by atoms with van der Waals surface area (Å²) in [5, 5.41) is 0. The fourth-order valence-corrected chi connectivity index (χ4v) is 2.50. The number of anilines is 3. The Labute approximate surface area is 145 Å². The number of pyridine rings is 3. The van der Waals surface area contributed by atoms with Crippen LogP contribution in [0.4, 0.5) is 17.1 Å². The molecule has 3 heterocycles. The second kappa shape index (κ2) is 9.36. The van der Waals surface area contributed by atoms with E-state index in [4.69, 9.17) is 0 Å². The first-order chi connectivity index (χ1) is 10.6. The zero-order valence-electron chi connectivity index (χ0n) is 14.4. The van der Waals surface area contributed by atoms with Crippen LogP contribution in [0.25, 0.3) is 0 Å². The minimum Gasteiger partial charge on any atom is -1.00 e. The van der Waals surface area contributed by atoms with Crippen molar-refractivity contribution >= 4 is 17.1 Å². The van der Waals surface area contributed by atoms with Crippen LogP contribution in [0.5, 0.6) is 0 Å². The Balaban J connectivity index is 0.00000192. The highest BCUT2D eigenvalue weighted by Crippen LogP contribution is 2.31. The Kier molecular flexibility index (Phi) is 8.25. The van der Waals surface area contributed by atoms with Gasteiger partial charge in [0.05, 0.1) is 5.69 Å². The first-order valence-electron chi connectivity index (χ1n) is 7.29. The van der Waals surface area contributed by atoms with E-state index in [2.05, 4.69) is 75.2 Å². The number of nitrogens with zero attached hydrogens (tertiary/aromatic N) is 4. The van der Waals surface area contributed by atoms with Gasteiger partial charge in [0.15, 0.2) is 37.2 Å². The van der Waals surface area contributed by atoms with E-state index in [1.165, 1.54) is 0 Å². The molecule has 0 saturated heterocycles. The maximum Gasteiger partial charge on any atom is 0.192 e. The van der Waals surface area contributed by atoms with Crippen LogP contribution >= 0.6 is 0 Å². The van der Waals surface area contributed by atoms with Crippen molar-refractivity contribution in [2.75, 3.05) is 4.90 Å². The molecule has 0 atom stereocenters. The lowest BCUT2D eigenvalue weighted by atomic mass is 10.2. The molecule has 0 N–H and O–H groups in total. The topological polar surface area (TPSA) is 14.9 Å². The van der Waals surface area contributed by atoms with E-state index in [0.29, 0.717) is 0 Å². The van der Waals surface area contributed by atoms with Gasteiger partial charge in [-0.3, -0.25) is 4.90 Å². The molecule has 3 aromatic heterocycles. The van der Waals surface area contributed by atoms with Crippen LogP contribution in [0.3, 0.4) is 0 Å². The molecule has 4 nitrogen and oxygen atoms in total. The number of halogens is 3. The monoisotopic (exact) mass is 350 g/mol. The average molecular weight is 350 g/mol. The Morgan fingerprint density at radius 2 is 1.00 bits per heavy atom. The molecule has 0 aliphatic rings. The average Bonchev–Trinajstić information content (AvgIpc) is 2.50. The third-order valence-corrected chi connectivity index (χ3v) is 3.58. The largest absolute Gasteiger partial charge is 1.00 e. The maximum atomic E-state index is 2.25. The summed E-state index contributed by atoms with van der Waals surface area (Å²) >= 11 is 0. The van der Waals surface area contributed by atoms with Crippen molar-refractivity contribution in [3.05, 3.63) is 73.6 Å². The van der Waals surface area contributed by atoms with Crippen molar-refractivity contribution in [1.29, 1.82) is 0 Å². The van der Waals surface area contributed by atoms with Crippen molar-refractivity contribution in [1.82, 2.24) is 0 Å². The van der Waals surface area contributed by atoms with Crippen LogP contribution in [-0.4, -0.2) is 0 Å². The summed E-state index contributed by atoms with van der Waals surface area (Å²) in [6.07, 6.45) is 12.5. The van der Waals surface area contributed by atoms with Gasteiger partial charge < -0.3 is 14.1 Å². The first-order valence-corrected chi connectivity index (χ1v) is 7.29. The predicted molar refractivity (Wildman–Crippen MR) is 84.7 cm³/mol. The highest BCUT2D eigenvalue weighted by atomic mass is 19.0. The molecule has 3 rings (SSSR count). The third-order valence-electron chi connectivity index (χ3n) is 3.58. The molecule has 0 aliphatic carbocycles. The SMILES string of the molecule is C[n+]1ccc(N(c2ccc[n+](C)c2)c2ccc[n+](C)c2)cc1.[F-].[F-].[F-]. The lowest BCUT2D eigenvalue weighted by Gasteiger charge is -2.21. The molecule has 3 aromatic rings. The smallest absolute Gasteiger partial charge is 0.192 e. The highest BCUT2D eigenvalue weighted by Gasteiger charge is 2.17. The van der Waals surface area contributed by atoms with Gasteiger partial charge in [0, 0.05) is 24.3 Å². The second-order valence-electron chi connectivity index (χ2n) is 5.51. The number of hydrogen-bond acceptors (Lipinski definition) is 1. The van der Waals surface area contributed by atoms with Gasteiger partial charge in [-0.05, 0) is 12.1 Å². The zero-order chi connectivity index (χ0) is 15.5. The lowest BCUT2D eigenvalue weighted by molar-refractivity contribution is -0.671. The fourth-order valence-electron chi connectivity index (χ4n) is 2.50. The van der Waals surface area contributed by atoms with Crippen LogP contribution in [-0.2, 0) is 21.1 Å². The van der Waals surface area contributed by atoms with E-state index >= 15 is 0 Å². The summed E-state index contributed by atoms with van der Waals surface area (Å²) in [5.74, 6) is 0. The second-order valence-corrected chi connectivity index (χ2v) is 5.51. The number of aryl methyl sites for hydroxylation is 3. The molecular formula is C18H21F3N4. The van der Waals surface area contributed by atoms with Gasteiger partial charge in [0.1, 0.15) is 32.5 Å². The highest BCUT2D eigenvalue weighted by molar-refractivity contribution is 5.74. The van der Waals surface area contributed by atoms with E-state index in [0.717, 1.165) is 17.1 Å². The summed E-state index contributed by atoms with van der Waals surface area (Å²) in [7, 11) is 6.11. The van der Waals surface area contributed by atoms with Crippen LogP contribution in [0.1, 0.15) is 0 Å². The predicted octanol–water partition coefficient (Wildman–Crippen LogP) is -7.36. The normalized spacial score (nSPS) is 9.24. The molecule has 0 fully saturated rings. The molecule has 0 bridgehead atoms. The van der Waals surface area contributed by atoms with E-state index in [1.54, 1.807) is 0 Å². The van der Waals surface area contributed by atoms with Crippen LogP contribution in [0.2, 0.25) is 0 Å². The van der Waals surface area contributed by atoms with E-state index in [9.17, 15) is 0 Å². The molecule has 0 aliphatic heterocycles. The van der Waals surface area contributed by atoms with Crippen LogP contribution in [0.15, 0.2) is 73.6 Å². The minimum absolute atomic E-state index is 0. The summed E-state index contributed by atoms with van der Waals surface area (Å²) in [6.45, 7) is 0. The fraction of sp³-hybridized carbons (Fsp3) is 0.167. The molecule has 0 spiro atoms. The zero-order valence-corrected chi connectivity index (χ0v) is 14.4. The summed E-state index contributed by atoms with van der Waals surface area (Å²) < 4.78 is 6.17. The lowest BCUT2D eigenvalue weighted by Crippen LogP contribution is -3.00. The Bertz CT molecular complexity index is 749. The van der Waals surface area contributed by atoms with Gasteiger partial charge in [-0.1, -0.05) is 0 Å². The van der Waals surface area contributed by atoms with Crippen molar-refractivity contribution < 1.29 is 27.8 Å². The molecule has 0 radical (unpaired) electrons. The quantitative estimate of drug-likeness (QED) is 0.429. The molecule has 134 valence electrons.